The van der Waals surface area contributed by atoms with E-state index in [1.54, 1.807) is 0 Å². The second kappa shape index (κ2) is 50.1. The maximum absolute atomic E-state index is 12.8. The van der Waals surface area contributed by atoms with Crippen molar-refractivity contribution in [1.29, 1.82) is 0 Å². The van der Waals surface area contributed by atoms with Gasteiger partial charge in [0.15, 0.2) is 6.10 Å². The number of hydrogen-bond donors (Lipinski definition) is 0. The van der Waals surface area contributed by atoms with Gasteiger partial charge in [-0.25, -0.2) is 0 Å². The van der Waals surface area contributed by atoms with Gasteiger partial charge < -0.3 is 27.9 Å². The van der Waals surface area contributed by atoms with Crippen LogP contribution in [0, 0.1) is 0 Å². The van der Waals surface area contributed by atoms with Crippen molar-refractivity contribution in [2.45, 2.75) is 187 Å². The van der Waals surface area contributed by atoms with Gasteiger partial charge in [0.1, 0.15) is 19.8 Å². The lowest BCUT2D eigenvalue weighted by Gasteiger charge is -2.28. The fourth-order valence-corrected chi connectivity index (χ4v) is 7.29. The number of rotatable bonds is 47. The molecule has 0 aromatic rings. The number of likely N-dealkylation sites (N-methyl/N-ethyl adjacent to an activating group) is 1. The highest BCUT2D eigenvalue weighted by Gasteiger charge is 2.21. The molecule has 0 rings (SSSR count). The van der Waals surface area contributed by atoms with Crippen LogP contribution in [-0.2, 0) is 32.7 Å². The molecule has 2 atom stereocenters. The third-order valence-corrected chi connectivity index (χ3v) is 11.6. The van der Waals surface area contributed by atoms with Crippen LogP contribution in [0.3, 0.4) is 0 Å². The number of phosphoric acid groups is 1. The van der Waals surface area contributed by atoms with E-state index < -0.39 is 32.5 Å². The second-order valence-corrected chi connectivity index (χ2v) is 19.9. The molecule has 396 valence electrons. The third kappa shape index (κ3) is 53.5. The summed E-state index contributed by atoms with van der Waals surface area (Å²) in [5.41, 5.74) is 0. The summed E-state index contributed by atoms with van der Waals surface area (Å²) in [6, 6.07) is 0. The number of esters is 2. The Kier molecular flexibility index (Phi) is 47.3. The first kappa shape index (κ1) is 66.2. The predicted molar refractivity (Wildman–Crippen MR) is 295 cm³/mol. The van der Waals surface area contributed by atoms with Crippen LogP contribution in [0.4, 0.5) is 0 Å². The average Bonchev–Trinajstić information content (AvgIpc) is 3.32. The Bertz CT molecular complexity index is 1640. The van der Waals surface area contributed by atoms with Crippen LogP contribution in [0.2, 0.25) is 0 Å². The van der Waals surface area contributed by atoms with Crippen molar-refractivity contribution in [3.63, 3.8) is 0 Å². The summed E-state index contributed by atoms with van der Waals surface area (Å²) in [6.07, 6.45) is 72.0. The van der Waals surface area contributed by atoms with E-state index in [1.807, 2.05) is 21.1 Å². The summed E-state index contributed by atoms with van der Waals surface area (Å²) in [4.78, 5) is 37.8. The van der Waals surface area contributed by atoms with Gasteiger partial charge in [-0.15, -0.1) is 0 Å². The lowest BCUT2D eigenvalue weighted by Crippen LogP contribution is -2.37. The predicted octanol–water partition coefficient (Wildman–Crippen LogP) is 15.9. The number of carbonyl (C=O) groups excluding carboxylic acids is 2. The monoisotopic (exact) mass is 992 g/mol. The van der Waals surface area contributed by atoms with E-state index in [0.29, 0.717) is 23.9 Å². The summed E-state index contributed by atoms with van der Waals surface area (Å²) in [5, 5.41) is 0. The lowest BCUT2D eigenvalue weighted by atomic mass is 10.1. The number of unbranched alkanes of at least 4 members (excludes halogenated alkanes) is 11. The number of quaternary nitrogens is 1. The maximum Gasteiger partial charge on any atom is 0.306 e. The molecule has 70 heavy (non-hydrogen) atoms. The van der Waals surface area contributed by atoms with Gasteiger partial charge in [-0.05, 0) is 109 Å². The topological polar surface area (TPSA) is 111 Å². The molecule has 0 aromatic heterocycles. The lowest BCUT2D eigenvalue weighted by molar-refractivity contribution is -0.870. The Hall–Kier alpha value is -3.85. The maximum atomic E-state index is 12.8. The number of ether oxygens (including phenoxy) is 2. The first-order valence-electron chi connectivity index (χ1n) is 26.9. The Morgan fingerprint density at radius 1 is 0.443 bits per heavy atom. The van der Waals surface area contributed by atoms with Crippen molar-refractivity contribution in [3.05, 3.63) is 134 Å². The molecule has 0 heterocycles. The van der Waals surface area contributed by atoms with Gasteiger partial charge in [0.25, 0.3) is 7.82 Å². The van der Waals surface area contributed by atoms with Gasteiger partial charge in [0, 0.05) is 12.8 Å². The zero-order chi connectivity index (χ0) is 51.3. The van der Waals surface area contributed by atoms with Gasteiger partial charge in [0.2, 0.25) is 0 Å². The molecule has 0 amide bonds. The molecule has 0 aliphatic rings. The zero-order valence-corrected chi connectivity index (χ0v) is 45.5. The molecule has 0 saturated carbocycles. The van der Waals surface area contributed by atoms with Gasteiger partial charge in [0.05, 0.1) is 27.7 Å². The molecule has 0 radical (unpaired) electrons. The number of hydrogen-bond acceptors (Lipinski definition) is 8. The smallest absolute Gasteiger partial charge is 0.306 e. The molecule has 10 heteroatoms. The molecule has 9 nitrogen and oxygen atoms in total. The highest BCUT2D eigenvalue weighted by atomic mass is 31.2. The van der Waals surface area contributed by atoms with Gasteiger partial charge in [-0.3, -0.25) is 14.2 Å². The van der Waals surface area contributed by atoms with Crippen molar-refractivity contribution in [1.82, 2.24) is 0 Å². The first-order valence-corrected chi connectivity index (χ1v) is 28.4. The Morgan fingerprint density at radius 2 is 0.771 bits per heavy atom. The quantitative estimate of drug-likeness (QED) is 0.0195. The summed E-state index contributed by atoms with van der Waals surface area (Å²) in [5.74, 6) is -0.887. The fourth-order valence-electron chi connectivity index (χ4n) is 6.57. The SMILES string of the molecule is CC/C=C\C/C=C\C/C=C\C/C=C\C/C=C\C/C=C\C/C=C\C/C=C\CCCCCCC(=O)OC(COC(=O)CCCCCCCCC/C=C\C/C=C\C/C=C\CC)COP(=O)([O-])OCC[N+](C)(C)C. The molecule has 0 aromatic carbocycles. The summed E-state index contributed by atoms with van der Waals surface area (Å²) in [6.45, 7) is 3.94. The summed E-state index contributed by atoms with van der Waals surface area (Å²) < 4.78 is 34.0. The summed E-state index contributed by atoms with van der Waals surface area (Å²) in [7, 11) is 1.12. The molecule has 0 bridgehead atoms. The van der Waals surface area contributed by atoms with Crippen molar-refractivity contribution >= 4 is 19.8 Å². The molecule has 0 spiro atoms. The van der Waals surface area contributed by atoms with E-state index in [0.717, 1.165) is 122 Å². The van der Waals surface area contributed by atoms with E-state index in [1.165, 1.54) is 19.3 Å². The number of phosphoric ester groups is 1. The third-order valence-electron chi connectivity index (χ3n) is 10.7. The zero-order valence-electron chi connectivity index (χ0n) is 44.7. The second-order valence-electron chi connectivity index (χ2n) is 18.5. The van der Waals surface area contributed by atoms with Crippen LogP contribution in [0.5, 0.6) is 0 Å². The highest BCUT2D eigenvalue weighted by Crippen LogP contribution is 2.38. The van der Waals surface area contributed by atoms with Crippen LogP contribution >= 0.6 is 7.82 Å². The van der Waals surface area contributed by atoms with Crippen LogP contribution in [0.15, 0.2) is 134 Å². The van der Waals surface area contributed by atoms with Crippen LogP contribution in [-0.4, -0.2) is 70.0 Å². The first-order chi connectivity index (χ1) is 34.0. The molecule has 0 aliphatic carbocycles. The molecule has 0 saturated heterocycles. The number of carbonyl (C=O) groups is 2. The molecule has 0 aliphatic heterocycles. The Morgan fingerprint density at radius 3 is 1.14 bits per heavy atom. The summed E-state index contributed by atoms with van der Waals surface area (Å²) >= 11 is 0. The van der Waals surface area contributed by atoms with Crippen LogP contribution in [0.1, 0.15) is 181 Å². The minimum Gasteiger partial charge on any atom is -0.756 e. The number of nitrogens with zero attached hydrogens (tertiary/aromatic N) is 1. The van der Waals surface area contributed by atoms with E-state index >= 15 is 0 Å². The van der Waals surface area contributed by atoms with E-state index in [9.17, 15) is 19.0 Å². The minimum atomic E-state index is -4.65. The molecular weight excluding hydrogens is 894 g/mol. The van der Waals surface area contributed by atoms with Gasteiger partial charge in [-0.1, -0.05) is 192 Å². The fraction of sp³-hybridized carbons (Fsp3) is 0.600. The van der Waals surface area contributed by atoms with E-state index in [-0.39, 0.29) is 26.1 Å². The molecule has 0 N–H and O–H groups in total. The van der Waals surface area contributed by atoms with E-state index in [2.05, 4.69) is 148 Å². The molecular formula is C60H98NO8P. The van der Waals surface area contributed by atoms with Gasteiger partial charge >= 0.3 is 11.9 Å². The van der Waals surface area contributed by atoms with E-state index in [4.69, 9.17) is 18.5 Å². The largest absolute Gasteiger partial charge is 0.756 e. The minimum absolute atomic E-state index is 0.0462. The van der Waals surface area contributed by atoms with Crippen LogP contribution in [0.25, 0.3) is 0 Å². The standard InChI is InChI=1S/C60H98NO8P/c1-6-8-10-12-14-16-18-20-22-24-25-26-27-28-29-30-31-32-33-34-35-37-39-41-43-45-47-49-51-53-60(63)69-58(57-68-70(64,65)67-55-54-61(3,4)5)56-66-59(62)52-50-48-46-44-42-40-38-36-23-21-19-17-15-13-11-9-7-2/h8-11,14-17,20-23,25-26,28-29,31-32,34-35,39,41,58H,6-7,12-13,18-19,24,27,30,33,36-38,40,42-57H2,1-5H3/b10-8-,11-9-,16-14-,17-15-,22-20-,23-21-,26-25-,29-28-,32-31-,35-34-,41-39-. The Labute approximate surface area is 428 Å². The van der Waals surface area contributed by atoms with Crippen LogP contribution < -0.4 is 4.89 Å². The van der Waals surface area contributed by atoms with Crippen molar-refractivity contribution in [2.24, 2.45) is 0 Å². The van der Waals surface area contributed by atoms with Gasteiger partial charge in [-0.2, -0.15) is 0 Å². The average molecular weight is 992 g/mol. The van der Waals surface area contributed by atoms with Crippen molar-refractivity contribution < 1.29 is 42.1 Å². The normalized spacial score (nSPS) is 14.4. The molecule has 0 fully saturated rings. The Balaban J connectivity index is 4.33. The molecule has 2 unspecified atom stereocenters. The van der Waals surface area contributed by atoms with Crippen molar-refractivity contribution in [2.75, 3.05) is 47.5 Å². The van der Waals surface area contributed by atoms with Crippen molar-refractivity contribution in [3.8, 4) is 0 Å². The highest BCUT2D eigenvalue weighted by molar-refractivity contribution is 7.45. The number of allylic oxidation sites excluding steroid dienone is 22.